The van der Waals surface area contributed by atoms with Gasteiger partial charge in [-0.1, -0.05) is 32.8 Å². The Hall–Kier alpha value is -0.870. The van der Waals surface area contributed by atoms with E-state index in [1.54, 1.807) is 7.11 Å². The van der Waals surface area contributed by atoms with Crippen molar-refractivity contribution in [2.24, 2.45) is 28.6 Å². The third-order valence-electron chi connectivity index (χ3n) is 7.00. The van der Waals surface area contributed by atoms with Crippen LogP contribution in [-0.2, 0) is 14.3 Å². The monoisotopic (exact) mass is 350 g/mol. The molecule has 142 valence electrons. The van der Waals surface area contributed by atoms with E-state index in [0.29, 0.717) is 17.9 Å². The predicted octanol–water partition coefficient (Wildman–Crippen LogP) is 4.64. The highest BCUT2D eigenvalue weighted by molar-refractivity contribution is 5.74. The van der Waals surface area contributed by atoms with E-state index in [-0.39, 0.29) is 17.6 Å². The van der Waals surface area contributed by atoms with Crippen LogP contribution in [-0.4, -0.2) is 31.1 Å². The highest BCUT2D eigenvalue weighted by atomic mass is 16.7. The summed E-state index contributed by atoms with van der Waals surface area (Å²) < 4.78 is 11.5. The van der Waals surface area contributed by atoms with E-state index in [0.717, 1.165) is 31.3 Å². The van der Waals surface area contributed by atoms with Gasteiger partial charge in [0, 0.05) is 13.0 Å². The largest absolute Gasteiger partial charge is 0.481 e. The van der Waals surface area contributed by atoms with Gasteiger partial charge in [-0.3, -0.25) is 4.79 Å². The number of fused-ring (bicyclic) bond motifs is 1. The molecule has 1 saturated heterocycles. The Bertz CT molecular complexity index is 564. The average molecular weight is 350 g/mol. The van der Waals surface area contributed by atoms with Crippen LogP contribution >= 0.6 is 0 Å². The van der Waals surface area contributed by atoms with Crippen LogP contribution in [0.15, 0.2) is 11.1 Å². The summed E-state index contributed by atoms with van der Waals surface area (Å²) in [5.41, 5.74) is 2.95. The molecule has 1 aliphatic heterocycles. The Morgan fingerprint density at radius 3 is 2.64 bits per heavy atom. The number of carboxylic acids is 1. The van der Waals surface area contributed by atoms with Crippen LogP contribution in [0.25, 0.3) is 0 Å². The summed E-state index contributed by atoms with van der Waals surface area (Å²) in [5.74, 6) is -0.704. The molecule has 3 rings (SSSR count). The summed E-state index contributed by atoms with van der Waals surface area (Å²) in [7, 11) is 1.68. The molecule has 0 radical (unpaired) electrons. The molecule has 1 N–H and O–H groups in total. The number of ether oxygens (including phenoxy) is 2. The highest BCUT2D eigenvalue weighted by Crippen LogP contribution is 2.56. The molecule has 0 bridgehead atoms. The molecule has 0 spiro atoms. The number of carboxylic acid groups (broad SMARTS) is 1. The van der Waals surface area contributed by atoms with E-state index in [2.05, 4.69) is 20.8 Å². The third-order valence-corrected chi connectivity index (χ3v) is 7.00. The summed E-state index contributed by atoms with van der Waals surface area (Å²) >= 11 is 0. The van der Waals surface area contributed by atoms with Crippen LogP contribution in [0.2, 0.25) is 0 Å². The predicted molar refractivity (Wildman–Crippen MR) is 97.1 cm³/mol. The number of hydrogen-bond acceptors (Lipinski definition) is 3. The van der Waals surface area contributed by atoms with Crippen LogP contribution < -0.4 is 0 Å². The van der Waals surface area contributed by atoms with Gasteiger partial charge in [0.05, 0.1) is 12.5 Å². The summed E-state index contributed by atoms with van der Waals surface area (Å²) in [4.78, 5) is 11.9. The Kier molecular flexibility index (Phi) is 5.06. The lowest BCUT2D eigenvalue weighted by atomic mass is 9.56. The second-order valence-electron chi connectivity index (χ2n) is 9.51. The van der Waals surface area contributed by atoms with Gasteiger partial charge in [0.1, 0.15) is 0 Å². The third kappa shape index (κ3) is 3.40. The molecule has 0 aromatic heterocycles. The number of hydrogen-bond donors (Lipinski definition) is 1. The molecule has 2 fully saturated rings. The first-order valence-electron chi connectivity index (χ1n) is 9.79. The second-order valence-corrected chi connectivity index (χ2v) is 9.51. The lowest BCUT2D eigenvalue weighted by Crippen LogP contribution is -2.39. The van der Waals surface area contributed by atoms with Crippen molar-refractivity contribution in [2.75, 3.05) is 13.7 Å². The van der Waals surface area contributed by atoms with E-state index in [9.17, 15) is 9.90 Å². The van der Waals surface area contributed by atoms with Gasteiger partial charge in [-0.15, -0.1) is 0 Å². The maximum Gasteiger partial charge on any atom is 0.310 e. The van der Waals surface area contributed by atoms with Crippen LogP contribution in [0.4, 0.5) is 0 Å². The Morgan fingerprint density at radius 1 is 1.32 bits per heavy atom. The molecule has 3 aliphatic rings. The van der Waals surface area contributed by atoms with Gasteiger partial charge in [0.15, 0.2) is 6.29 Å². The molecular formula is C21H34O4. The zero-order valence-corrected chi connectivity index (χ0v) is 16.4. The molecule has 25 heavy (non-hydrogen) atoms. The van der Waals surface area contributed by atoms with Crippen LogP contribution in [0.3, 0.4) is 0 Å². The lowest BCUT2D eigenvalue weighted by Gasteiger charge is -2.48. The maximum absolute atomic E-state index is 11.9. The SMILES string of the molecule is COC1OC[C@@H]2CCC([C@@]3(C)CCCC(C)(C)C3)=C(C(C)C(=O)O)[C@H]12. The fraction of sp³-hybridized carbons (Fsp3) is 0.857. The average Bonchev–Trinajstić information content (AvgIpc) is 2.95. The van der Waals surface area contributed by atoms with E-state index in [1.165, 1.54) is 18.4 Å². The van der Waals surface area contributed by atoms with Crippen molar-refractivity contribution < 1.29 is 19.4 Å². The molecular weight excluding hydrogens is 316 g/mol. The minimum atomic E-state index is -0.728. The first-order chi connectivity index (χ1) is 11.7. The number of methoxy groups -OCH3 is 1. The Labute approximate surface area is 152 Å². The molecule has 1 saturated carbocycles. The minimum Gasteiger partial charge on any atom is -0.481 e. The topological polar surface area (TPSA) is 55.8 Å². The van der Waals surface area contributed by atoms with Crippen molar-refractivity contribution in [1.82, 2.24) is 0 Å². The molecule has 5 atom stereocenters. The van der Waals surface area contributed by atoms with Crippen molar-refractivity contribution in [3.63, 3.8) is 0 Å². The number of rotatable bonds is 4. The van der Waals surface area contributed by atoms with Gasteiger partial charge in [-0.2, -0.15) is 0 Å². The molecule has 0 amide bonds. The lowest BCUT2D eigenvalue weighted by molar-refractivity contribution is -0.141. The molecule has 2 aliphatic carbocycles. The van der Waals surface area contributed by atoms with Crippen molar-refractivity contribution in [3.05, 3.63) is 11.1 Å². The Balaban J connectivity index is 2.08. The minimum absolute atomic E-state index is 0.0988. The summed E-state index contributed by atoms with van der Waals surface area (Å²) in [6.45, 7) is 9.62. The van der Waals surface area contributed by atoms with E-state index >= 15 is 0 Å². The molecule has 1 heterocycles. The first kappa shape index (κ1) is 18.9. The standard InChI is InChI=1S/C21H34O4/c1-13(18(22)23)16-15(21(4)10-6-9-20(2,3)12-21)8-7-14-11-25-19(24-5)17(14)16/h13-14,17,19H,6-12H2,1-5H3,(H,22,23)/t13?,14-,17+,19?,21-/m0/s1. The van der Waals surface area contributed by atoms with Crippen LogP contribution in [0, 0.1) is 28.6 Å². The summed E-state index contributed by atoms with van der Waals surface area (Å²) in [6, 6.07) is 0. The Morgan fingerprint density at radius 2 is 2.04 bits per heavy atom. The van der Waals surface area contributed by atoms with Crippen molar-refractivity contribution in [3.8, 4) is 0 Å². The molecule has 0 aromatic rings. The van der Waals surface area contributed by atoms with Crippen molar-refractivity contribution in [1.29, 1.82) is 0 Å². The van der Waals surface area contributed by atoms with E-state index in [1.807, 2.05) is 6.92 Å². The summed E-state index contributed by atoms with van der Waals surface area (Å²) in [6.07, 6.45) is 6.60. The van der Waals surface area contributed by atoms with E-state index in [4.69, 9.17) is 9.47 Å². The molecule has 0 aromatic carbocycles. The van der Waals surface area contributed by atoms with Crippen molar-refractivity contribution >= 4 is 5.97 Å². The molecule has 2 unspecified atom stereocenters. The van der Waals surface area contributed by atoms with Gasteiger partial charge in [-0.25, -0.2) is 0 Å². The van der Waals surface area contributed by atoms with Crippen LogP contribution in [0.1, 0.15) is 66.2 Å². The fourth-order valence-electron chi connectivity index (χ4n) is 5.98. The van der Waals surface area contributed by atoms with Crippen molar-refractivity contribution in [2.45, 2.75) is 72.5 Å². The molecule has 4 nitrogen and oxygen atoms in total. The highest BCUT2D eigenvalue weighted by Gasteiger charge is 2.50. The van der Waals surface area contributed by atoms with Gasteiger partial charge in [-0.05, 0) is 61.3 Å². The summed E-state index contributed by atoms with van der Waals surface area (Å²) in [5, 5.41) is 9.80. The number of aliphatic carboxylic acids is 1. The van der Waals surface area contributed by atoms with Gasteiger partial charge >= 0.3 is 5.97 Å². The van der Waals surface area contributed by atoms with Gasteiger partial charge in [0.2, 0.25) is 0 Å². The zero-order chi connectivity index (χ0) is 18.4. The normalized spacial score (nSPS) is 39.2. The second kappa shape index (κ2) is 6.70. The van der Waals surface area contributed by atoms with Crippen LogP contribution in [0.5, 0.6) is 0 Å². The fourth-order valence-corrected chi connectivity index (χ4v) is 5.98. The maximum atomic E-state index is 11.9. The van der Waals surface area contributed by atoms with E-state index < -0.39 is 11.9 Å². The first-order valence-corrected chi connectivity index (χ1v) is 9.79. The van der Waals surface area contributed by atoms with Gasteiger partial charge < -0.3 is 14.6 Å². The molecule has 4 heteroatoms. The van der Waals surface area contributed by atoms with Gasteiger partial charge in [0.25, 0.3) is 0 Å². The smallest absolute Gasteiger partial charge is 0.310 e. The number of carbonyl (C=O) groups is 1. The number of allylic oxidation sites excluding steroid dienone is 1. The quantitative estimate of drug-likeness (QED) is 0.751. The zero-order valence-electron chi connectivity index (χ0n) is 16.4.